The molecule has 0 fully saturated rings. The van der Waals surface area contributed by atoms with Gasteiger partial charge in [0.15, 0.2) is 0 Å². The molecule has 18 heavy (non-hydrogen) atoms. The van der Waals surface area contributed by atoms with Gasteiger partial charge >= 0.3 is 0 Å². The molecule has 1 unspecified atom stereocenters. The first-order chi connectivity index (χ1) is 8.56. The number of nitrogens with two attached hydrogens (primary N) is 1. The number of hydrogen-bond donors (Lipinski definition) is 2. The lowest BCUT2D eigenvalue weighted by Crippen LogP contribution is -2.48. The zero-order valence-electron chi connectivity index (χ0n) is 11.0. The van der Waals surface area contributed by atoms with Crippen molar-refractivity contribution in [1.82, 2.24) is 4.90 Å². The molecule has 0 aliphatic carbocycles. The summed E-state index contributed by atoms with van der Waals surface area (Å²) in [6.45, 7) is 4.13. The largest absolute Gasteiger partial charge is 0.395 e. The highest BCUT2D eigenvalue weighted by atomic mass is 16.3. The maximum absolute atomic E-state index is 12.2. The highest BCUT2D eigenvalue weighted by molar-refractivity contribution is 5.82. The van der Waals surface area contributed by atoms with Gasteiger partial charge in [-0.3, -0.25) is 4.79 Å². The van der Waals surface area contributed by atoms with Crippen LogP contribution in [0.5, 0.6) is 0 Å². The quantitative estimate of drug-likeness (QED) is 0.784. The Bertz CT molecular complexity index is 365. The first kappa shape index (κ1) is 14.7. The average molecular weight is 250 g/mol. The van der Waals surface area contributed by atoms with Gasteiger partial charge < -0.3 is 15.7 Å². The van der Waals surface area contributed by atoms with Gasteiger partial charge in [-0.05, 0) is 25.8 Å². The molecule has 4 nitrogen and oxygen atoms in total. The molecular weight excluding hydrogens is 228 g/mol. The van der Waals surface area contributed by atoms with Gasteiger partial charge in [0.2, 0.25) is 5.91 Å². The summed E-state index contributed by atoms with van der Waals surface area (Å²) in [6.07, 6.45) is 0.522. The second-order valence-electron chi connectivity index (χ2n) is 4.65. The Morgan fingerprint density at radius 1 is 1.33 bits per heavy atom. The third-order valence-corrected chi connectivity index (χ3v) is 2.86. The summed E-state index contributed by atoms with van der Waals surface area (Å²) in [5, 5.41) is 8.97. The van der Waals surface area contributed by atoms with Crippen LogP contribution in [0.3, 0.4) is 0 Å². The van der Waals surface area contributed by atoms with Gasteiger partial charge in [-0.15, -0.1) is 0 Å². The molecule has 0 saturated heterocycles. The summed E-state index contributed by atoms with van der Waals surface area (Å²) in [5.41, 5.74) is 6.99. The minimum Gasteiger partial charge on any atom is -0.395 e. The maximum atomic E-state index is 12.2. The maximum Gasteiger partial charge on any atom is 0.240 e. The first-order valence-electron chi connectivity index (χ1n) is 6.27. The average Bonchev–Trinajstić information content (AvgIpc) is 2.36. The van der Waals surface area contributed by atoms with Crippen molar-refractivity contribution in [3.05, 3.63) is 35.9 Å². The predicted molar refractivity (Wildman–Crippen MR) is 72.1 cm³/mol. The van der Waals surface area contributed by atoms with Crippen LogP contribution in [0.4, 0.5) is 0 Å². The molecule has 1 amide bonds. The lowest BCUT2D eigenvalue weighted by Gasteiger charge is -2.28. The van der Waals surface area contributed by atoms with Crippen molar-refractivity contribution in [1.29, 1.82) is 0 Å². The van der Waals surface area contributed by atoms with E-state index in [1.54, 1.807) is 4.90 Å². The molecular formula is C14H22N2O2. The molecule has 1 atom stereocenters. The van der Waals surface area contributed by atoms with E-state index < -0.39 is 6.04 Å². The summed E-state index contributed by atoms with van der Waals surface area (Å²) < 4.78 is 0. The zero-order valence-corrected chi connectivity index (χ0v) is 11.0. The van der Waals surface area contributed by atoms with Gasteiger partial charge in [-0.1, -0.05) is 30.3 Å². The van der Waals surface area contributed by atoms with Gasteiger partial charge in [-0.2, -0.15) is 0 Å². The van der Waals surface area contributed by atoms with Crippen molar-refractivity contribution >= 4 is 5.91 Å². The van der Waals surface area contributed by atoms with Crippen molar-refractivity contribution < 1.29 is 9.90 Å². The molecule has 0 radical (unpaired) electrons. The van der Waals surface area contributed by atoms with Crippen molar-refractivity contribution in [3.8, 4) is 0 Å². The van der Waals surface area contributed by atoms with E-state index in [0.29, 0.717) is 13.0 Å². The molecule has 0 bridgehead atoms. The van der Waals surface area contributed by atoms with Crippen LogP contribution < -0.4 is 5.73 Å². The van der Waals surface area contributed by atoms with Crippen LogP contribution in [-0.2, 0) is 11.2 Å². The third-order valence-electron chi connectivity index (χ3n) is 2.86. The van der Waals surface area contributed by atoms with Crippen LogP contribution in [0.25, 0.3) is 0 Å². The van der Waals surface area contributed by atoms with E-state index in [1.165, 1.54) is 0 Å². The molecule has 1 rings (SSSR count). The minimum atomic E-state index is -0.554. The molecule has 3 N–H and O–H groups in total. The van der Waals surface area contributed by atoms with Crippen LogP contribution in [0.1, 0.15) is 19.4 Å². The van der Waals surface area contributed by atoms with Crippen LogP contribution >= 0.6 is 0 Å². The van der Waals surface area contributed by atoms with Crippen LogP contribution in [0.15, 0.2) is 30.3 Å². The van der Waals surface area contributed by atoms with Crippen molar-refractivity contribution in [2.45, 2.75) is 32.4 Å². The zero-order chi connectivity index (χ0) is 13.5. The van der Waals surface area contributed by atoms with Crippen LogP contribution in [0.2, 0.25) is 0 Å². The van der Waals surface area contributed by atoms with Crippen molar-refractivity contribution in [2.75, 3.05) is 13.2 Å². The van der Waals surface area contributed by atoms with Gasteiger partial charge in [0.1, 0.15) is 0 Å². The molecule has 100 valence electrons. The standard InChI is InChI=1S/C14H22N2O2/c1-11(2)16(8-9-17)14(18)13(15)10-12-6-4-3-5-7-12/h3-7,11,13,17H,8-10,15H2,1-2H3. The molecule has 1 aromatic rings. The lowest BCUT2D eigenvalue weighted by molar-refractivity contribution is -0.134. The normalized spacial score (nSPS) is 12.5. The van der Waals surface area contributed by atoms with Gasteiger partial charge in [0.25, 0.3) is 0 Å². The van der Waals surface area contributed by atoms with E-state index >= 15 is 0 Å². The molecule has 0 spiro atoms. The number of aliphatic hydroxyl groups is 1. The Kier molecular flexibility index (Phi) is 5.82. The van der Waals surface area contributed by atoms with E-state index in [4.69, 9.17) is 10.8 Å². The highest BCUT2D eigenvalue weighted by Crippen LogP contribution is 2.06. The minimum absolute atomic E-state index is 0.0397. The summed E-state index contributed by atoms with van der Waals surface area (Å²) in [4.78, 5) is 13.8. The Hall–Kier alpha value is -1.39. The SMILES string of the molecule is CC(C)N(CCO)C(=O)C(N)Cc1ccccc1. The molecule has 0 aromatic heterocycles. The van der Waals surface area contributed by atoms with Crippen molar-refractivity contribution in [3.63, 3.8) is 0 Å². The number of hydrogen-bond acceptors (Lipinski definition) is 3. The van der Waals surface area contributed by atoms with Crippen LogP contribution in [0, 0.1) is 0 Å². The molecule has 1 aromatic carbocycles. The molecule has 0 aliphatic rings. The van der Waals surface area contributed by atoms with Crippen molar-refractivity contribution in [2.24, 2.45) is 5.73 Å². The first-order valence-corrected chi connectivity index (χ1v) is 6.27. The Morgan fingerprint density at radius 2 is 1.94 bits per heavy atom. The Morgan fingerprint density at radius 3 is 2.44 bits per heavy atom. The van der Waals surface area contributed by atoms with E-state index in [0.717, 1.165) is 5.56 Å². The summed E-state index contributed by atoms with van der Waals surface area (Å²) in [7, 11) is 0. The van der Waals surface area contributed by atoms with Gasteiger partial charge in [0.05, 0.1) is 12.6 Å². The number of nitrogens with zero attached hydrogens (tertiary/aromatic N) is 1. The summed E-state index contributed by atoms with van der Waals surface area (Å²) >= 11 is 0. The molecule has 0 aliphatic heterocycles. The summed E-state index contributed by atoms with van der Waals surface area (Å²) in [6, 6.07) is 9.20. The number of aliphatic hydroxyl groups excluding tert-OH is 1. The second-order valence-corrected chi connectivity index (χ2v) is 4.65. The topological polar surface area (TPSA) is 66.6 Å². The van der Waals surface area contributed by atoms with E-state index in [9.17, 15) is 4.79 Å². The predicted octanol–water partition coefficient (Wildman–Crippen LogP) is 0.786. The number of rotatable bonds is 6. The smallest absolute Gasteiger partial charge is 0.240 e. The number of carbonyl (C=O) groups is 1. The fourth-order valence-corrected chi connectivity index (χ4v) is 1.90. The lowest BCUT2D eigenvalue weighted by atomic mass is 10.1. The fourth-order valence-electron chi connectivity index (χ4n) is 1.90. The Labute approximate surface area is 108 Å². The fraction of sp³-hybridized carbons (Fsp3) is 0.500. The second kappa shape index (κ2) is 7.13. The number of benzene rings is 1. The Balaban J connectivity index is 2.65. The van der Waals surface area contributed by atoms with E-state index in [2.05, 4.69) is 0 Å². The van der Waals surface area contributed by atoms with E-state index in [-0.39, 0.29) is 18.6 Å². The number of carbonyl (C=O) groups excluding carboxylic acids is 1. The van der Waals surface area contributed by atoms with E-state index in [1.807, 2.05) is 44.2 Å². The molecule has 4 heteroatoms. The van der Waals surface area contributed by atoms with Gasteiger partial charge in [-0.25, -0.2) is 0 Å². The monoisotopic (exact) mass is 250 g/mol. The summed E-state index contributed by atoms with van der Waals surface area (Å²) in [5.74, 6) is -0.108. The van der Waals surface area contributed by atoms with Crippen LogP contribution in [-0.4, -0.2) is 41.1 Å². The number of amides is 1. The highest BCUT2D eigenvalue weighted by Gasteiger charge is 2.22. The molecule has 0 heterocycles. The van der Waals surface area contributed by atoms with Gasteiger partial charge in [0, 0.05) is 12.6 Å². The third kappa shape index (κ3) is 4.13. The molecule has 0 saturated carbocycles.